The normalized spacial score (nSPS) is 17.2. The summed E-state index contributed by atoms with van der Waals surface area (Å²) in [5.41, 5.74) is 0. The van der Waals surface area contributed by atoms with Crippen LogP contribution in [0.15, 0.2) is 21.6 Å². The minimum absolute atomic E-state index is 0.0462. The van der Waals surface area contributed by atoms with Crippen LogP contribution in [0.5, 0.6) is 0 Å². The van der Waals surface area contributed by atoms with Crippen molar-refractivity contribution in [1.29, 1.82) is 0 Å². The van der Waals surface area contributed by atoms with Crippen LogP contribution in [0.4, 0.5) is 0 Å². The highest BCUT2D eigenvalue weighted by molar-refractivity contribution is 7.89. The third kappa shape index (κ3) is 5.08. The molecule has 0 amide bonds. The van der Waals surface area contributed by atoms with Gasteiger partial charge in [0, 0.05) is 13.1 Å². The fraction of sp³-hybridized carbons (Fsp3) is 0.692. The van der Waals surface area contributed by atoms with Crippen LogP contribution >= 0.6 is 0 Å². The number of furan rings is 1. The number of hydrogen-bond acceptors (Lipinski definition) is 6. The molecule has 120 valence electrons. The van der Waals surface area contributed by atoms with Gasteiger partial charge >= 0.3 is 0 Å². The summed E-state index contributed by atoms with van der Waals surface area (Å²) in [6.45, 7) is 6.10. The molecule has 7 nitrogen and oxygen atoms in total. The molecule has 0 aromatic carbocycles. The van der Waals surface area contributed by atoms with E-state index in [0.29, 0.717) is 12.3 Å². The maximum absolute atomic E-state index is 11.5. The number of morpholine rings is 1. The lowest BCUT2D eigenvalue weighted by Crippen LogP contribution is -2.37. The minimum Gasteiger partial charge on any atom is -0.447 e. The van der Waals surface area contributed by atoms with Gasteiger partial charge in [0.2, 0.25) is 5.09 Å². The highest BCUT2D eigenvalue weighted by Gasteiger charge is 2.16. The lowest BCUT2D eigenvalue weighted by atomic mass is 10.3. The van der Waals surface area contributed by atoms with Crippen molar-refractivity contribution in [3.63, 3.8) is 0 Å². The Bertz CT molecular complexity index is 523. The molecule has 2 N–H and O–H groups in total. The molecule has 1 saturated heterocycles. The molecule has 0 atom stereocenters. The van der Waals surface area contributed by atoms with Gasteiger partial charge in [-0.2, -0.15) is 0 Å². The number of nitrogens with zero attached hydrogens (tertiary/aromatic N) is 1. The molecular formula is C13H23N3O4S. The monoisotopic (exact) mass is 317 g/mol. The molecule has 0 aliphatic carbocycles. The Kier molecular flexibility index (Phi) is 6.19. The van der Waals surface area contributed by atoms with Gasteiger partial charge < -0.3 is 14.5 Å². The maximum Gasteiger partial charge on any atom is 0.273 e. The van der Waals surface area contributed by atoms with Gasteiger partial charge in [-0.15, -0.1) is 0 Å². The molecule has 0 radical (unpaired) electrons. The average Bonchev–Trinajstić information content (AvgIpc) is 2.98. The van der Waals surface area contributed by atoms with Crippen molar-refractivity contribution >= 4 is 10.0 Å². The third-order valence-corrected chi connectivity index (χ3v) is 4.69. The summed E-state index contributed by atoms with van der Waals surface area (Å²) >= 11 is 0. The molecule has 1 aliphatic heterocycles. The van der Waals surface area contributed by atoms with Crippen molar-refractivity contribution in [2.45, 2.75) is 18.1 Å². The molecule has 1 aliphatic rings. The molecule has 2 rings (SSSR count). The van der Waals surface area contributed by atoms with Gasteiger partial charge in [0.15, 0.2) is 0 Å². The number of sulfonamides is 1. The number of nitrogens with one attached hydrogen (secondary N) is 2. The fourth-order valence-electron chi connectivity index (χ4n) is 2.16. The first-order chi connectivity index (χ1) is 10.1. The van der Waals surface area contributed by atoms with Crippen molar-refractivity contribution in [1.82, 2.24) is 14.9 Å². The van der Waals surface area contributed by atoms with Crippen molar-refractivity contribution in [2.75, 3.05) is 46.4 Å². The molecule has 0 bridgehead atoms. The number of ether oxygens (including phenoxy) is 1. The van der Waals surface area contributed by atoms with Crippen LogP contribution in [-0.4, -0.2) is 59.8 Å². The van der Waals surface area contributed by atoms with E-state index < -0.39 is 10.0 Å². The smallest absolute Gasteiger partial charge is 0.273 e. The molecule has 0 unspecified atom stereocenters. The Morgan fingerprint density at radius 1 is 1.29 bits per heavy atom. The number of rotatable bonds is 8. The van der Waals surface area contributed by atoms with E-state index in [9.17, 15) is 8.42 Å². The second-order valence-corrected chi connectivity index (χ2v) is 6.73. The van der Waals surface area contributed by atoms with Crippen LogP contribution in [0.3, 0.4) is 0 Å². The zero-order chi connectivity index (χ0) is 15.1. The molecule has 2 heterocycles. The molecule has 21 heavy (non-hydrogen) atoms. The predicted molar refractivity (Wildman–Crippen MR) is 78.5 cm³/mol. The number of hydrogen-bond donors (Lipinski definition) is 2. The van der Waals surface area contributed by atoms with Gasteiger partial charge in [0.05, 0.1) is 19.8 Å². The Morgan fingerprint density at radius 2 is 2.05 bits per heavy atom. The van der Waals surface area contributed by atoms with E-state index in [1.165, 1.54) is 13.1 Å². The zero-order valence-corrected chi connectivity index (χ0v) is 13.1. The van der Waals surface area contributed by atoms with E-state index >= 15 is 0 Å². The summed E-state index contributed by atoms with van der Waals surface area (Å²) in [6, 6.07) is 3.15. The third-order valence-electron chi connectivity index (χ3n) is 3.40. The maximum atomic E-state index is 11.5. The lowest BCUT2D eigenvalue weighted by Gasteiger charge is -2.26. The Balaban J connectivity index is 1.65. The van der Waals surface area contributed by atoms with Gasteiger partial charge in [-0.05, 0) is 38.7 Å². The standard InChI is InChI=1S/C13H23N3O4S/c1-14-21(17,18)13-4-3-12(20-13)11-15-5-2-6-16-7-9-19-10-8-16/h3-4,14-15H,2,5-11H2,1H3. The minimum atomic E-state index is -3.49. The van der Waals surface area contributed by atoms with Crippen LogP contribution in [0.1, 0.15) is 12.2 Å². The van der Waals surface area contributed by atoms with Gasteiger partial charge in [-0.25, -0.2) is 13.1 Å². The Hall–Kier alpha value is -0.930. The molecular weight excluding hydrogens is 294 g/mol. The van der Waals surface area contributed by atoms with E-state index in [4.69, 9.17) is 9.15 Å². The summed E-state index contributed by atoms with van der Waals surface area (Å²) in [5.74, 6) is 0.621. The van der Waals surface area contributed by atoms with Crippen LogP contribution in [0.2, 0.25) is 0 Å². The highest BCUT2D eigenvalue weighted by atomic mass is 32.2. The second kappa shape index (κ2) is 7.90. The van der Waals surface area contributed by atoms with E-state index in [-0.39, 0.29) is 5.09 Å². The first-order valence-corrected chi connectivity index (χ1v) is 8.63. The van der Waals surface area contributed by atoms with E-state index in [1.807, 2.05) is 0 Å². The molecule has 0 saturated carbocycles. The fourth-order valence-corrected chi connectivity index (χ4v) is 2.83. The molecule has 0 spiro atoms. The van der Waals surface area contributed by atoms with Gasteiger partial charge in [0.1, 0.15) is 5.76 Å². The van der Waals surface area contributed by atoms with Crippen molar-refractivity contribution < 1.29 is 17.6 Å². The SMILES string of the molecule is CNS(=O)(=O)c1ccc(CNCCCN2CCOCC2)o1. The molecule has 1 fully saturated rings. The van der Waals surface area contributed by atoms with Gasteiger partial charge in [-0.3, -0.25) is 4.90 Å². The second-order valence-electron chi connectivity index (χ2n) is 4.91. The van der Waals surface area contributed by atoms with Crippen LogP contribution < -0.4 is 10.0 Å². The highest BCUT2D eigenvalue weighted by Crippen LogP contribution is 2.13. The summed E-state index contributed by atoms with van der Waals surface area (Å²) in [4.78, 5) is 2.38. The molecule has 8 heteroatoms. The van der Waals surface area contributed by atoms with Crippen LogP contribution in [0, 0.1) is 0 Å². The van der Waals surface area contributed by atoms with Crippen LogP contribution in [-0.2, 0) is 21.3 Å². The van der Waals surface area contributed by atoms with Gasteiger partial charge in [0.25, 0.3) is 10.0 Å². The van der Waals surface area contributed by atoms with Crippen molar-refractivity contribution in [3.8, 4) is 0 Å². The molecule has 1 aromatic rings. The summed E-state index contributed by atoms with van der Waals surface area (Å²) < 4.78 is 35.9. The predicted octanol–water partition coefficient (Wildman–Crippen LogP) is -0.000400. The average molecular weight is 317 g/mol. The summed E-state index contributed by atoms with van der Waals surface area (Å²) in [7, 11) is -2.13. The topological polar surface area (TPSA) is 83.8 Å². The molecule has 1 aromatic heterocycles. The van der Waals surface area contributed by atoms with E-state index in [2.05, 4.69) is 14.9 Å². The van der Waals surface area contributed by atoms with Crippen LogP contribution in [0.25, 0.3) is 0 Å². The Labute approximate surface area is 125 Å². The summed E-state index contributed by atoms with van der Waals surface area (Å²) in [6.07, 6.45) is 1.04. The largest absolute Gasteiger partial charge is 0.447 e. The van der Waals surface area contributed by atoms with Crippen molar-refractivity contribution in [3.05, 3.63) is 17.9 Å². The first-order valence-electron chi connectivity index (χ1n) is 7.15. The zero-order valence-electron chi connectivity index (χ0n) is 12.3. The quantitative estimate of drug-likeness (QED) is 0.657. The van der Waals surface area contributed by atoms with Gasteiger partial charge in [-0.1, -0.05) is 0 Å². The van der Waals surface area contributed by atoms with E-state index in [1.54, 1.807) is 6.07 Å². The van der Waals surface area contributed by atoms with Crippen molar-refractivity contribution in [2.24, 2.45) is 0 Å². The first kappa shape index (κ1) is 16.4. The van der Waals surface area contributed by atoms with E-state index in [0.717, 1.165) is 45.8 Å². The summed E-state index contributed by atoms with van der Waals surface area (Å²) in [5, 5.41) is 3.21. The lowest BCUT2D eigenvalue weighted by molar-refractivity contribution is 0.0374. The Morgan fingerprint density at radius 3 is 2.76 bits per heavy atom.